The molecule has 3 heterocycles. The Hall–Kier alpha value is -3.34. The number of hydrogen-bond donors (Lipinski definition) is 1. The predicted octanol–water partition coefficient (Wildman–Crippen LogP) is 2.14. The summed E-state index contributed by atoms with van der Waals surface area (Å²) in [5.74, 6) is -0.353. The van der Waals surface area contributed by atoms with Crippen molar-refractivity contribution in [2.24, 2.45) is 0 Å². The van der Waals surface area contributed by atoms with E-state index in [0.717, 1.165) is 5.56 Å². The summed E-state index contributed by atoms with van der Waals surface area (Å²) in [6.45, 7) is 3.70. The molecule has 10 heteroatoms. The van der Waals surface area contributed by atoms with Crippen LogP contribution in [0.2, 0.25) is 0 Å². The number of benzene rings is 2. The molecule has 0 bridgehead atoms. The first-order valence-corrected chi connectivity index (χ1v) is 12.2. The van der Waals surface area contributed by atoms with Crippen molar-refractivity contribution in [1.29, 1.82) is 0 Å². The summed E-state index contributed by atoms with van der Waals surface area (Å²) < 4.78 is 34.2. The fourth-order valence-corrected chi connectivity index (χ4v) is 6.28. The zero-order valence-electron chi connectivity index (χ0n) is 21.1. The zero-order valence-corrected chi connectivity index (χ0v) is 21.1. The van der Waals surface area contributed by atoms with Crippen LogP contribution in [0.5, 0.6) is 17.2 Å². The molecule has 1 saturated carbocycles. The van der Waals surface area contributed by atoms with Crippen LogP contribution in [-0.4, -0.2) is 73.0 Å². The molecule has 0 spiro atoms. The topological polar surface area (TPSA) is 113 Å². The first-order chi connectivity index (χ1) is 17.7. The fraction of sp³-hybridized carbons (Fsp3) is 0.481. The van der Waals surface area contributed by atoms with Crippen LogP contribution in [0.4, 0.5) is 0 Å². The van der Waals surface area contributed by atoms with Gasteiger partial charge in [-0.1, -0.05) is 12.1 Å². The number of fused-ring (bicyclic) bond motifs is 6. The van der Waals surface area contributed by atoms with Crippen LogP contribution in [0.1, 0.15) is 41.8 Å². The van der Waals surface area contributed by atoms with Crippen LogP contribution >= 0.6 is 0 Å². The maximum Gasteiger partial charge on any atom is 0.318 e. The number of amides is 1. The van der Waals surface area contributed by atoms with Crippen molar-refractivity contribution in [3.05, 3.63) is 53.1 Å². The smallest absolute Gasteiger partial charge is 0.318 e. The molecule has 0 radical (unpaired) electrons. The van der Waals surface area contributed by atoms with Crippen LogP contribution in [0.25, 0.3) is 0 Å². The Morgan fingerprint density at radius 1 is 1.08 bits per heavy atom. The summed E-state index contributed by atoms with van der Waals surface area (Å²) in [5, 5.41) is 11.3. The van der Waals surface area contributed by atoms with Gasteiger partial charge in [-0.25, -0.2) is 0 Å². The number of rotatable bonds is 4. The average Bonchev–Trinajstić information content (AvgIpc) is 3.48. The van der Waals surface area contributed by atoms with E-state index in [9.17, 15) is 14.7 Å². The van der Waals surface area contributed by atoms with Gasteiger partial charge in [0.25, 0.3) is 5.91 Å². The SMILES string of the molecule is COC(=O)[C@]12C[C@@H](O)[C@H]3OC(C)(C)O[C@H]3[C@@H]1N(Cc1ccc(OC)cc1)C(=O)c1cc3c(cc12)OCO3. The average molecular weight is 512 g/mol. The number of carbonyl (C=O) groups excluding carboxylic acids is 2. The van der Waals surface area contributed by atoms with E-state index >= 15 is 0 Å². The standard InChI is InChI=1S/C27H29NO9/c1-26(2)36-21-18(29)11-27(25(31)33-4)17-10-20-19(34-13-35-20)9-16(17)24(30)28(23(27)22(21)37-26)12-14-5-7-15(32-3)8-6-14/h5-10,18,21-23,29H,11-13H2,1-4H3/t18-,21-,22-,23+,27+/m1/s1. The van der Waals surface area contributed by atoms with E-state index in [1.807, 2.05) is 24.3 Å². The molecule has 1 amide bonds. The first-order valence-electron chi connectivity index (χ1n) is 12.2. The second-order valence-corrected chi connectivity index (χ2v) is 10.3. The molecule has 196 valence electrons. The van der Waals surface area contributed by atoms with Gasteiger partial charge in [0.05, 0.1) is 26.4 Å². The predicted molar refractivity (Wildman–Crippen MR) is 127 cm³/mol. The van der Waals surface area contributed by atoms with Crippen LogP contribution < -0.4 is 14.2 Å². The molecule has 0 unspecified atom stereocenters. The maximum absolute atomic E-state index is 14.2. The minimum atomic E-state index is -1.43. The lowest BCUT2D eigenvalue weighted by molar-refractivity contribution is -0.165. The third-order valence-corrected chi connectivity index (χ3v) is 7.77. The Labute approximate surface area is 213 Å². The monoisotopic (exact) mass is 511 g/mol. The molecule has 1 aliphatic carbocycles. The summed E-state index contributed by atoms with van der Waals surface area (Å²) in [6.07, 6.45) is -2.60. The van der Waals surface area contributed by atoms with Crippen LogP contribution in [-0.2, 0) is 31.0 Å². The Bertz CT molecular complexity index is 1260. The quantitative estimate of drug-likeness (QED) is 0.617. The van der Waals surface area contributed by atoms with Crippen molar-refractivity contribution < 1.29 is 43.1 Å². The highest BCUT2D eigenvalue weighted by molar-refractivity contribution is 6.03. The largest absolute Gasteiger partial charge is 0.497 e. The molecular formula is C27H29NO9. The molecule has 5 atom stereocenters. The van der Waals surface area contributed by atoms with Gasteiger partial charge in [-0.15, -0.1) is 0 Å². The molecule has 3 aliphatic heterocycles. The summed E-state index contributed by atoms with van der Waals surface area (Å²) in [7, 11) is 2.89. The number of nitrogens with zero attached hydrogens (tertiary/aromatic N) is 1. The molecule has 1 N–H and O–H groups in total. The molecule has 0 aromatic heterocycles. The van der Waals surface area contributed by atoms with Gasteiger partial charge in [0.2, 0.25) is 6.79 Å². The third kappa shape index (κ3) is 3.50. The first kappa shape index (κ1) is 24.0. The van der Waals surface area contributed by atoms with Gasteiger partial charge in [0.1, 0.15) is 23.4 Å². The minimum Gasteiger partial charge on any atom is -0.497 e. The Morgan fingerprint density at radius 3 is 2.43 bits per heavy atom. The summed E-state index contributed by atoms with van der Waals surface area (Å²) in [4.78, 5) is 29.6. The van der Waals surface area contributed by atoms with E-state index in [0.29, 0.717) is 28.4 Å². The van der Waals surface area contributed by atoms with Gasteiger partial charge < -0.3 is 38.4 Å². The van der Waals surface area contributed by atoms with E-state index in [4.69, 9.17) is 28.4 Å². The van der Waals surface area contributed by atoms with Crippen molar-refractivity contribution in [2.75, 3.05) is 21.0 Å². The molecule has 2 aromatic rings. The lowest BCUT2D eigenvalue weighted by Gasteiger charge is -2.54. The van der Waals surface area contributed by atoms with Crippen LogP contribution in [0, 0.1) is 0 Å². The van der Waals surface area contributed by atoms with Gasteiger partial charge in [0.15, 0.2) is 17.3 Å². The second-order valence-electron chi connectivity index (χ2n) is 10.3. The molecule has 10 nitrogen and oxygen atoms in total. The number of carbonyl (C=O) groups is 2. The van der Waals surface area contributed by atoms with Gasteiger partial charge in [-0.2, -0.15) is 0 Å². The van der Waals surface area contributed by atoms with Gasteiger partial charge >= 0.3 is 5.97 Å². The van der Waals surface area contributed by atoms with Gasteiger partial charge in [-0.3, -0.25) is 9.59 Å². The van der Waals surface area contributed by atoms with E-state index in [2.05, 4.69) is 0 Å². The zero-order chi connectivity index (χ0) is 26.1. The van der Waals surface area contributed by atoms with Crippen molar-refractivity contribution >= 4 is 11.9 Å². The van der Waals surface area contributed by atoms with Crippen molar-refractivity contribution in [3.8, 4) is 17.2 Å². The van der Waals surface area contributed by atoms with E-state index in [1.165, 1.54) is 7.11 Å². The number of esters is 1. The minimum absolute atomic E-state index is 0.00902. The molecule has 2 aromatic carbocycles. The molecule has 37 heavy (non-hydrogen) atoms. The van der Waals surface area contributed by atoms with Crippen LogP contribution in [0.3, 0.4) is 0 Å². The Balaban J connectivity index is 1.57. The third-order valence-electron chi connectivity index (χ3n) is 7.77. The van der Waals surface area contributed by atoms with Crippen molar-refractivity contribution in [1.82, 2.24) is 4.90 Å². The highest BCUT2D eigenvalue weighted by Crippen LogP contribution is 2.54. The molecule has 1 saturated heterocycles. The van der Waals surface area contributed by atoms with Gasteiger partial charge in [0, 0.05) is 12.1 Å². The number of hydrogen-bond acceptors (Lipinski definition) is 9. The summed E-state index contributed by atoms with van der Waals surface area (Å²) >= 11 is 0. The maximum atomic E-state index is 14.2. The highest BCUT2D eigenvalue weighted by Gasteiger charge is 2.68. The lowest BCUT2D eigenvalue weighted by atomic mass is 9.59. The number of methoxy groups -OCH3 is 2. The second kappa shape index (κ2) is 8.34. The van der Waals surface area contributed by atoms with Gasteiger partial charge in [-0.05, 0) is 55.7 Å². The Morgan fingerprint density at radius 2 is 1.76 bits per heavy atom. The number of ether oxygens (including phenoxy) is 6. The van der Waals surface area contributed by atoms with Crippen LogP contribution in [0.15, 0.2) is 36.4 Å². The fourth-order valence-electron chi connectivity index (χ4n) is 6.28. The van der Waals surface area contributed by atoms with E-state index in [-0.39, 0.29) is 25.7 Å². The molecule has 6 rings (SSSR count). The molecule has 2 fully saturated rings. The van der Waals surface area contributed by atoms with E-state index in [1.54, 1.807) is 38.0 Å². The van der Waals surface area contributed by atoms with Crippen molar-refractivity contribution in [3.63, 3.8) is 0 Å². The number of aliphatic hydroxyl groups is 1. The number of aliphatic hydroxyl groups excluding tert-OH is 1. The Kier molecular flexibility index (Phi) is 5.41. The molecule has 4 aliphatic rings. The van der Waals surface area contributed by atoms with E-state index < -0.39 is 41.5 Å². The molecular weight excluding hydrogens is 482 g/mol. The summed E-state index contributed by atoms with van der Waals surface area (Å²) in [6, 6.07) is 9.81. The normalized spacial score (nSPS) is 30.8. The lowest BCUT2D eigenvalue weighted by Crippen LogP contribution is -2.71. The summed E-state index contributed by atoms with van der Waals surface area (Å²) in [5.41, 5.74) is 0.118. The van der Waals surface area contributed by atoms with Crippen molar-refractivity contribution in [2.45, 2.75) is 62.4 Å². The highest BCUT2D eigenvalue weighted by atomic mass is 16.8.